The molecule has 3 aliphatic heterocycles. The van der Waals surface area contributed by atoms with Crippen molar-refractivity contribution >= 4 is 5.78 Å². The lowest BCUT2D eigenvalue weighted by Gasteiger charge is -2.59. The standard InChI is InChI=1S/C26H48N6O10/c1-24(38)11-39-23(17(35)19(24)31-2)42-26(5-6-33)21(37)18(41-22-14(28)4-3-13(8-27)40-22)15(29)7-25(26,30)20(36)16(34)12-9-32-10-12/h3,12,14-19,21-23,31-35,37-38H,4-11,27-30H2,1-2H3/t14-,15+,16?,17-,18-,19-,21+,22-,23-,24+,25+,26-/m1/s1. The molecule has 0 aromatic carbocycles. The number of rotatable bonds is 11. The molecule has 0 radical (unpaired) electrons. The molecule has 0 spiro atoms. The summed E-state index contributed by atoms with van der Waals surface area (Å²) in [6, 6.07) is -2.67. The predicted octanol–water partition coefficient (Wildman–Crippen LogP) is -5.58. The van der Waals surface area contributed by atoms with Gasteiger partial charge in [0.25, 0.3) is 0 Å². The van der Waals surface area contributed by atoms with Crippen LogP contribution in [-0.4, -0.2) is 143 Å². The van der Waals surface area contributed by atoms with Crippen LogP contribution in [0.2, 0.25) is 0 Å². The largest absolute Gasteiger partial charge is 0.467 e. The molecule has 0 aromatic rings. The highest BCUT2D eigenvalue weighted by molar-refractivity contribution is 5.94. The minimum Gasteiger partial charge on any atom is -0.467 e. The lowest BCUT2D eigenvalue weighted by atomic mass is 9.60. The topological polar surface area (TPSA) is 283 Å². The number of aliphatic hydroxyl groups excluding tert-OH is 4. The first kappa shape index (κ1) is 33.5. The van der Waals surface area contributed by atoms with Gasteiger partial charge in [0.15, 0.2) is 12.1 Å². The molecule has 1 saturated carbocycles. The third-order valence-corrected chi connectivity index (χ3v) is 9.17. The van der Waals surface area contributed by atoms with Crippen molar-refractivity contribution in [3.8, 4) is 0 Å². The molecule has 3 heterocycles. The highest BCUT2D eigenvalue weighted by Crippen LogP contribution is 2.46. The maximum atomic E-state index is 14.0. The zero-order valence-electron chi connectivity index (χ0n) is 24.1. The molecule has 12 atom stereocenters. The Kier molecular flexibility index (Phi) is 10.3. The fourth-order valence-corrected chi connectivity index (χ4v) is 6.53. The number of ether oxygens (including phenoxy) is 4. The minimum absolute atomic E-state index is 0.0883. The normalized spacial score (nSPS) is 45.5. The lowest BCUT2D eigenvalue weighted by Crippen LogP contribution is -2.82. The van der Waals surface area contributed by atoms with Crippen LogP contribution in [0.4, 0.5) is 0 Å². The van der Waals surface area contributed by atoms with Crippen LogP contribution in [0.25, 0.3) is 0 Å². The van der Waals surface area contributed by atoms with Crippen molar-refractivity contribution in [2.24, 2.45) is 28.9 Å². The Bertz CT molecular complexity index is 987. The zero-order valence-corrected chi connectivity index (χ0v) is 24.1. The van der Waals surface area contributed by atoms with Gasteiger partial charge >= 0.3 is 0 Å². The molecule has 0 bridgehead atoms. The average molecular weight is 605 g/mol. The van der Waals surface area contributed by atoms with Gasteiger partial charge in [0.2, 0.25) is 6.29 Å². The monoisotopic (exact) mass is 604 g/mol. The SMILES string of the molecule is CN[C@@H]1[C@@H](O)[C@@H](O[C@]2(CCO)[C@@H](O)[C@H](O[C@H]3OC(CN)=CC[C@H]3N)[C@@H](N)C[C@]2(N)C(=O)C(O)C2CNC2)OC[C@]1(C)O. The summed E-state index contributed by atoms with van der Waals surface area (Å²) in [6.45, 7) is 1.38. The molecule has 0 aromatic heterocycles. The molecule has 4 aliphatic rings. The second-order valence-electron chi connectivity index (χ2n) is 12.1. The van der Waals surface area contributed by atoms with Crippen molar-refractivity contribution in [3.05, 3.63) is 11.8 Å². The summed E-state index contributed by atoms with van der Waals surface area (Å²) in [5.41, 5.74) is 19.4. The van der Waals surface area contributed by atoms with Crippen molar-refractivity contribution in [1.82, 2.24) is 10.6 Å². The molecule has 16 nitrogen and oxygen atoms in total. The highest BCUT2D eigenvalue weighted by atomic mass is 16.7. The summed E-state index contributed by atoms with van der Waals surface area (Å²) in [4.78, 5) is 14.0. The molecule has 1 aliphatic carbocycles. The van der Waals surface area contributed by atoms with Crippen molar-refractivity contribution < 1.29 is 49.3 Å². The lowest BCUT2D eigenvalue weighted by molar-refractivity contribution is -0.342. The molecule has 1 unspecified atom stereocenters. The molecular weight excluding hydrogens is 556 g/mol. The number of hydrogen-bond donors (Lipinski definition) is 11. The third kappa shape index (κ3) is 5.87. The van der Waals surface area contributed by atoms with Gasteiger partial charge in [0.1, 0.15) is 46.9 Å². The number of nitrogens with two attached hydrogens (primary N) is 4. The van der Waals surface area contributed by atoms with E-state index >= 15 is 0 Å². The smallest absolute Gasteiger partial charge is 0.215 e. The molecule has 242 valence electrons. The molecule has 15 N–H and O–H groups in total. The third-order valence-electron chi connectivity index (χ3n) is 9.17. The Morgan fingerprint density at radius 1 is 1.26 bits per heavy atom. The summed E-state index contributed by atoms with van der Waals surface area (Å²) in [5.74, 6) is -0.859. The van der Waals surface area contributed by atoms with Gasteiger partial charge in [-0.15, -0.1) is 0 Å². The van der Waals surface area contributed by atoms with Gasteiger partial charge in [-0.2, -0.15) is 0 Å². The van der Waals surface area contributed by atoms with Crippen LogP contribution in [0.5, 0.6) is 0 Å². The molecule has 3 fully saturated rings. The van der Waals surface area contributed by atoms with Crippen LogP contribution in [0.1, 0.15) is 26.2 Å². The second kappa shape index (κ2) is 12.9. The second-order valence-corrected chi connectivity index (χ2v) is 12.1. The Balaban J connectivity index is 1.74. The highest BCUT2D eigenvalue weighted by Gasteiger charge is 2.68. The van der Waals surface area contributed by atoms with E-state index in [1.807, 2.05) is 0 Å². The van der Waals surface area contributed by atoms with Crippen molar-refractivity contribution in [2.45, 2.75) is 98.0 Å². The van der Waals surface area contributed by atoms with Crippen molar-refractivity contribution in [2.75, 3.05) is 39.9 Å². The Hall–Kier alpha value is -1.35. The summed E-state index contributed by atoms with van der Waals surface area (Å²) >= 11 is 0. The summed E-state index contributed by atoms with van der Waals surface area (Å²) < 4.78 is 23.9. The molecular formula is C26H48N6O10. The quantitative estimate of drug-likeness (QED) is 0.105. The fourth-order valence-electron chi connectivity index (χ4n) is 6.53. The van der Waals surface area contributed by atoms with Gasteiger partial charge in [0, 0.05) is 38.1 Å². The van der Waals surface area contributed by atoms with E-state index in [1.54, 1.807) is 6.08 Å². The Morgan fingerprint density at radius 3 is 2.52 bits per heavy atom. The minimum atomic E-state index is -2.20. The van der Waals surface area contributed by atoms with Crippen LogP contribution in [0.15, 0.2) is 11.8 Å². The van der Waals surface area contributed by atoms with E-state index in [9.17, 15) is 30.3 Å². The summed E-state index contributed by atoms with van der Waals surface area (Å²) in [7, 11) is 1.53. The maximum absolute atomic E-state index is 14.0. The molecule has 42 heavy (non-hydrogen) atoms. The van der Waals surface area contributed by atoms with Gasteiger partial charge < -0.3 is 78.0 Å². The molecule has 4 rings (SSSR count). The van der Waals surface area contributed by atoms with Crippen molar-refractivity contribution in [1.29, 1.82) is 0 Å². The van der Waals surface area contributed by atoms with Gasteiger partial charge in [0.05, 0.1) is 25.2 Å². The van der Waals surface area contributed by atoms with Crippen LogP contribution < -0.4 is 33.6 Å². The van der Waals surface area contributed by atoms with E-state index in [2.05, 4.69) is 10.6 Å². The maximum Gasteiger partial charge on any atom is 0.215 e. The summed E-state index contributed by atoms with van der Waals surface area (Å²) in [6.07, 6.45) is -7.42. The molecule has 16 heteroatoms. The molecule has 2 saturated heterocycles. The Labute approximate surface area is 244 Å². The number of carbonyl (C=O) groups is 1. The van der Waals surface area contributed by atoms with E-state index in [-0.39, 0.29) is 19.6 Å². The first-order chi connectivity index (χ1) is 19.8. The van der Waals surface area contributed by atoms with Crippen LogP contribution in [-0.2, 0) is 23.7 Å². The van der Waals surface area contributed by atoms with E-state index in [1.165, 1.54) is 14.0 Å². The summed E-state index contributed by atoms with van der Waals surface area (Å²) in [5, 5.41) is 61.1. The first-order valence-electron chi connectivity index (χ1n) is 14.4. The van der Waals surface area contributed by atoms with E-state index in [4.69, 9.17) is 41.9 Å². The van der Waals surface area contributed by atoms with Gasteiger partial charge in [-0.1, -0.05) is 0 Å². The first-order valence-corrected chi connectivity index (χ1v) is 14.4. The van der Waals surface area contributed by atoms with E-state index < -0.39 is 96.6 Å². The van der Waals surface area contributed by atoms with Crippen LogP contribution in [0.3, 0.4) is 0 Å². The number of ketones is 1. The zero-order chi connectivity index (χ0) is 31.0. The number of Topliss-reactive ketones (excluding diaryl/α,β-unsaturated/α-hetero) is 1. The predicted molar refractivity (Wildman–Crippen MR) is 147 cm³/mol. The van der Waals surface area contributed by atoms with Gasteiger partial charge in [-0.05, 0) is 32.9 Å². The Morgan fingerprint density at radius 2 is 1.95 bits per heavy atom. The number of carbonyl (C=O) groups excluding carboxylic acids is 1. The van der Waals surface area contributed by atoms with Crippen LogP contribution in [0, 0.1) is 5.92 Å². The average Bonchev–Trinajstić information content (AvgIpc) is 2.91. The number of aliphatic hydroxyl groups is 5. The number of nitrogens with one attached hydrogen (secondary N) is 2. The molecule has 0 amide bonds. The number of likely N-dealkylation sites (N-methyl/N-ethyl adjacent to an activating group) is 1. The van der Waals surface area contributed by atoms with Gasteiger partial charge in [-0.25, -0.2) is 0 Å². The van der Waals surface area contributed by atoms with Crippen molar-refractivity contribution in [3.63, 3.8) is 0 Å². The number of hydrogen-bond acceptors (Lipinski definition) is 16. The van der Waals surface area contributed by atoms with Gasteiger partial charge in [-0.3, -0.25) is 4.79 Å². The van der Waals surface area contributed by atoms with E-state index in [0.29, 0.717) is 25.3 Å². The van der Waals surface area contributed by atoms with E-state index in [0.717, 1.165) is 0 Å². The fraction of sp³-hybridized carbons (Fsp3) is 0.885. The van der Waals surface area contributed by atoms with Crippen LogP contribution >= 0.6 is 0 Å².